The molecular weight excluding hydrogens is 403 g/mol. The van der Waals surface area contributed by atoms with Crippen LogP contribution in [0.1, 0.15) is 44.1 Å². The van der Waals surface area contributed by atoms with E-state index in [0.29, 0.717) is 5.46 Å². The zero-order chi connectivity index (χ0) is 22.3. The highest BCUT2D eigenvalue weighted by Gasteiger charge is 2.53. The first-order valence-corrected chi connectivity index (χ1v) is 11.3. The van der Waals surface area contributed by atoms with Crippen molar-refractivity contribution in [2.24, 2.45) is 0 Å². The molecule has 0 radical (unpaired) electrons. The van der Waals surface area contributed by atoms with Crippen LogP contribution in [-0.2, 0) is 28.7 Å². The van der Waals surface area contributed by atoms with Crippen LogP contribution in [0.5, 0.6) is 0 Å². The van der Waals surface area contributed by atoms with E-state index in [0.717, 1.165) is 5.56 Å². The number of rotatable bonds is 5. The number of methoxy groups -OCH3 is 1. The zero-order valence-corrected chi connectivity index (χ0v) is 18.9. The molecular formula is C22H27BO6S. The molecule has 2 aromatic rings. The first-order valence-electron chi connectivity index (χ1n) is 9.73. The maximum absolute atomic E-state index is 13.5. The molecule has 0 N–H and O–H groups in total. The van der Waals surface area contributed by atoms with Crippen LogP contribution < -0.4 is 5.46 Å². The molecule has 2 aromatic carbocycles. The van der Waals surface area contributed by atoms with Crippen molar-refractivity contribution in [1.29, 1.82) is 0 Å². The Labute approximate surface area is 178 Å². The molecule has 6 nitrogen and oxygen atoms in total. The lowest BCUT2D eigenvalue weighted by Crippen LogP contribution is -2.41. The largest absolute Gasteiger partial charge is 0.495 e. The summed E-state index contributed by atoms with van der Waals surface area (Å²) in [5, 5.41) is -1.54. The third kappa shape index (κ3) is 3.91. The fourth-order valence-corrected chi connectivity index (χ4v) is 5.01. The summed E-state index contributed by atoms with van der Waals surface area (Å²) in [6, 6.07) is 13.2. The Hall–Kier alpha value is -2.16. The minimum absolute atomic E-state index is 0.0484. The molecule has 1 aliphatic heterocycles. The van der Waals surface area contributed by atoms with Gasteiger partial charge in [-0.25, -0.2) is 8.42 Å². The summed E-state index contributed by atoms with van der Waals surface area (Å²) >= 11 is 0. The van der Waals surface area contributed by atoms with Gasteiger partial charge in [0.05, 0.1) is 23.2 Å². The van der Waals surface area contributed by atoms with Gasteiger partial charge in [-0.05, 0) is 57.8 Å². The number of hydrogen-bond donors (Lipinski definition) is 0. The van der Waals surface area contributed by atoms with Gasteiger partial charge in [-0.15, -0.1) is 0 Å². The zero-order valence-electron chi connectivity index (χ0n) is 18.1. The summed E-state index contributed by atoms with van der Waals surface area (Å²) in [6.07, 6.45) is 0. The first kappa shape index (κ1) is 22.5. The fourth-order valence-electron chi connectivity index (χ4n) is 3.33. The Bertz CT molecular complexity index is 1030. The van der Waals surface area contributed by atoms with Gasteiger partial charge >= 0.3 is 13.1 Å². The van der Waals surface area contributed by atoms with Gasteiger partial charge in [-0.2, -0.15) is 0 Å². The van der Waals surface area contributed by atoms with E-state index in [1.807, 2.05) is 34.6 Å². The molecule has 8 heteroatoms. The number of esters is 1. The lowest BCUT2D eigenvalue weighted by molar-refractivity contribution is -0.140. The number of carbonyl (C=O) groups is 1. The predicted molar refractivity (Wildman–Crippen MR) is 115 cm³/mol. The number of ether oxygens (including phenoxy) is 1. The molecule has 3 rings (SSSR count). The van der Waals surface area contributed by atoms with E-state index in [-0.39, 0.29) is 10.5 Å². The maximum atomic E-state index is 13.5. The molecule has 1 fully saturated rings. The lowest BCUT2D eigenvalue weighted by Gasteiger charge is -2.32. The number of carbonyl (C=O) groups excluding carboxylic acids is 1. The summed E-state index contributed by atoms with van der Waals surface area (Å²) < 4.78 is 44.1. The molecule has 30 heavy (non-hydrogen) atoms. The Morgan fingerprint density at radius 3 is 2.03 bits per heavy atom. The monoisotopic (exact) mass is 430 g/mol. The molecule has 0 aromatic heterocycles. The van der Waals surface area contributed by atoms with Gasteiger partial charge in [0.25, 0.3) is 0 Å². The number of benzene rings is 2. The van der Waals surface area contributed by atoms with Crippen LogP contribution in [0.3, 0.4) is 0 Å². The first-order chi connectivity index (χ1) is 13.9. The van der Waals surface area contributed by atoms with Crippen LogP contribution in [0.25, 0.3) is 0 Å². The normalized spacial score (nSPS) is 18.8. The van der Waals surface area contributed by atoms with Crippen molar-refractivity contribution in [2.45, 2.75) is 56.0 Å². The van der Waals surface area contributed by atoms with E-state index in [1.54, 1.807) is 36.4 Å². The Morgan fingerprint density at radius 1 is 0.967 bits per heavy atom. The predicted octanol–water partition coefficient (Wildman–Crippen LogP) is 2.98. The summed E-state index contributed by atoms with van der Waals surface area (Å²) in [6.45, 7) is 9.52. The van der Waals surface area contributed by atoms with Crippen molar-refractivity contribution in [3.63, 3.8) is 0 Å². The Kier molecular flexibility index (Phi) is 5.88. The van der Waals surface area contributed by atoms with Crippen molar-refractivity contribution in [3.8, 4) is 0 Å². The second kappa shape index (κ2) is 7.83. The van der Waals surface area contributed by atoms with E-state index < -0.39 is 39.4 Å². The van der Waals surface area contributed by atoms with Gasteiger partial charge in [0.15, 0.2) is 15.1 Å². The highest BCUT2D eigenvalue weighted by atomic mass is 32.2. The van der Waals surface area contributed by atoms with Crippen LogP contribution in [0, 0.1) is 6.92 Å². The molecule has 0 saturated carbocycles. The van der Waals surface area contributed by atoms with Crippen molar-refractivity contribution < 1.29 is 27.3 Å². The second-order valence-corrected chi connectivity index (χ2v) is 10.5. The second-order valence-electron chi connectivity index (χ2n) is 8.48. The van der Waals surface area contributed by atoms with Crippen LogP contribution in [-0.4, -0.2) is 39.8 Å². The SMILES string of the molecule is COC(=O)C(c1ccccc1B1OC(C)(C)C(C)(C)O1)S(=O)(=O)c1ccc(C)cc1. The minimum Gasteiger partial charge on any atom is -0.468 e. The van der Waals surface area contributed by atoms with Crippen LogP contribution in [0.4, 0.5) is 0 Å². The van der Waals surface area contributed by atoms with Crippen LogP contribution in [0.2, 0.25) is 0 Å². The van der Waals surface area contributed by atoms with E-state index >= 15 is 0 Å². The standard InChI is InChI=1S/C22H27BO6S/c1-15-11-13-16(14-12-15)30(25,26)19(20(24)27-6)17-9-7-8-10-18(17)23-28-21(2,3)22(4,5)29-23/h7-14,19H,1-6H3. The molecule has 0 amide bonds. The molecule has 0 bridgehead atoms. The van der Waals surface area contributed by atoms with Gasteiger partial charge in [-0.1, -0.05) is 42.0 Å². The Balaban J connectivity index is 2.14. The summed E-state index contributed by atoms with van der Waals surface area (Å²) in [5.74, 6) is -0.862. The van der Waals surface area contributed by atoms with Crippen LogP contribution in [0.15, 0.2) is 53.4 Å². The van der Waals surface area contributed by atoms with Crippen molar-refractivity contribution >= 4 is 28.4 Å². The average molecular weight is 430 g/mol. The number of aryl methyl sites for hydroxylation is 1. The van der Waals surface area contributed by atoms with Crippen LogP contribution >= 0.6 is 0 Å². The number of hydrogen-bond acceptors (Lipinski definition) is 6. The smallest absolute Gasteiger partial charge is 0.468 e. The van der Waals surface area contributed by atoms with E-state index in [4.69, 9.17) is 14.0 Å². The summed E-state index contributed by atoms with van der Waals surface area (Å²) in [7, 11) is -3.71. The van der Waals surface area contributed by atoms with E-state index in [9.17, 15) is 13.2 Å². The fraction of sp³-hybridized carbons (Fsp3) is 0.409. The molecule has 160 valence electrons. The quantitative estimate of drug-likeness (QED) is 0.536. The average Bonchev–Trinajstić information content (AvgIpc) is 2.89. The molecule has 1 saturated heterocycles. The highest BCUT2D eigenvalue weighted by molar-refractivity contribution is 7.92. The maximum Gasteiger partial charge on any atom is 0.495 e. The molecule has 1 aliphatic rings. The molecule has 1 unspecified atom stereocenters. The third-order valence-electron chi connectivity index (χ3n) is 5.86. The molecule has 0 spiro atoms. The topological polar surface area (TPSA) is 78.9 Å². The third-order valence-corrected chi connectivity index (χ3v) is 7.86. The van der Waals surface area contributed by atoms with E-state index in [1.165, 1.54) is 19.2 Å². The van der Waals surface area contributed by atoms with Gasteiger partial charge in [-0.3, -0.25) is 4.79 Å². The van der Waals surface area contributed by atoms with Gasteiger partial charge in [0.2, 0.25) is 0 Å². The minimum atomic E-state index is -4.08. The van der Waals surface area contributed by atoms with E-state index in [2.05, 4.69) is 0 Å². The lowest BCUT2D eigenvalue weighted by atomic mass is 9.75. The summed E-state index contributed by atoms with van der Waals surface area (Å²) in [4.78, 5) is 12.8. The Morgan fingerprint density at radius 2 is 1.50 bits per heavy atom. The number of sulfone groups is 1. The van der Waals surface area contributed by atoms with Crippen molar-refractivity contribution in [3.05, 3.63) is 59.7 Å². The van der Waals surface area contributed by atoms with Gasteiger partial charge in [0, 0.05) is 0 Å². The summed E-state index contributed by atoms with van der Waals surface area (Å²) in [5.41, 5.74) is 0.467. The van der Waals surface area contributed by atoms with Crippen molar-refractivity contribution in [1.82, 2.24) is 0 Å². The highest BCUT2D eigenvalue weighted by Crippen LogP contribution is 2.38. The molecule has 0 aliphatic carbocycles. The molecule has 1 atom stereocenters. The van der Waals surface area contributed by atoms with Gasteiger partial charge in [0.1, 0.15) is 0 Å². The van der Waals surface area contributed by atoms with Gasteiger partial charge < -0.3 is 14.0 Å². The molecule has 1 heterocycles. The van der Waals surface area contributed by atoms with Crippen molar-refractivity contribution in [2.75, 3.05) is 7.11 Å².